The summed E-state index contributed by atoms with van der Waals surface area (Å²) in [7, 11) is 0. The molecule has 1 aromatic rings. The number of carbonyl (C=O) groups is 1. The van der Waals surface area contributed by atoms with Crippen molar-refractivity contribution < 1.29 is 19.4 Å². The van der Waals surface area contributed by atoms with Crippen molar-refractivity contribution in [1.29, 1.82) is 0 Å². The summed E-state index contributed by atoms with van der Waals surface area (Å²) in [5, 5.41) is 8.81. The molecule has 1 aliphatic rings. The largest absolute Gasteiger partial charge is 0.489 e. The zero-order valence-electron chi connectivity index (χ0n) is 10.3. The minimum atomic E-state index is -0.864. The van der Waals surface area contributed by atoms with Gasteiger partial charge in [-0.1, -0.05) is 13.8 Å². The van der Waals surface area contributed by atoms with Gasteiger partial charge in [0.05, 0.1) is 24.1 Å². The van der Waals surface area contributed by atoms with Crippen LogP contribution in [0.2, 0.25) is 0 Å². The van der Waals surface area contributed by atoms with Gasteiger partial charge in [-0.05, 0) is 33.6 Å². The lowest BCUT2D eigenvalue weighted by Gasteiger charge is -2.19. The first-order valence-corrected chi connectivity index (χ1v) is 6.46. The average molecular weight is 315 g/mol. The third-order valence-electron chi connectivity index (χ3n) is 2.65. The van der Waals surface area contributed by atoms with Crippen molar-refractivity contribution in [2.75, 3.05) is 13.2 Å². The molecule has 0 radical (unpaired) electrons. The summed E-state index contributed by atoms with van der Waals surface area (Å²) in [6.07, 6.45) is -0.0291. The molecule has 0 aliphatic carbocycles. The zero-order valence-corrected chi connectivity index (χ0v) is 11.9. The molecule has 1 aliphatic heterocycles. The summed E-state index contributed by atoms with van der Waals surface area (Å²) in [4.78, 5) is 10.7. The fourth-order valence-corrected chi connectivity index (χ4v) is 2.33. The van der Waals surface area contributed by atoms with Crippen LogP contribution in [0, 0.1) is 5.41 Å². The van der Waals surface area contributed by atoms with Gasteiger partial charge in [0.15, 0.2) is 11.5 Å². The number of carboxylic acid groups (broad SMARTS) is 1. The normalized spacial score (nSPS) is 17.1. The van der Waals surface area contributed by atoms with E-state index < -0.39 is 5.97 Å². The summed E-state index contributed by atoms with van der Waals surface area (Å²) in [6.45, 7) is 5.23. The van der Waals surface area contributed by atoms with Crippen molar-refractivity contribution in [2.45, 2.75) is 20.3 Å². The molecule has 4 nitrogen and oxygen atoms in total. The molecule has 0 fully saturated rings. The summed E-state index contributed by atoms with van der Waals surface area (Å²) in [5.41, 5.74) is 0.627. The minimum absolute atomic E-state index is 0.0291. The highest BCUT2D eigenvalue weighted by Gasteiger charge is 2.26. The van der Waals surface area contributed by atoms with Gasteiger partial charge in [0.2, 0.25) is 0 Å². The van der Waals surface area contributed by atoms with Crippen LogP contribution in [0.3, 0.4) is 0 Å². The van der Waals surface area contributed by atoms with Crippen LogP contribution in [0.1, 0.15) is 19.4 Å². The maximum Gasteiger partial charge on any atom is 0.307 e. The van der Waals surface area contributed by atoms with E-state index in [1.807, 2.05) is 0 Å². The summed E-state index contributed by atoms with van der Waals surface area (Å²) in [6, 6.07) is 3.49. The molecule has 0 aromatic heterocycles. The molecule has 1 N–H and O–H groups in total. The zero-order chi connectivity index (χ0) is 13.3. The molecule has 1 heterocycles. The third kappa shape index (κ3) is 2.96. The molecule has 0 saturated carbocycles. The second kappa shape index (κ2) is 4.80. The second-order valence-electron chi connectivity index (χ2n) is 5.22. The number of hydrogen-bond donors (Lipinski definition) is 1. The lowest BCUT2D eigenvalue weighted by Crippen LogP contribution is -2.26. The fraction of sp³-hybridized carbons (Fsp3) is 0.462. The number of benzene rings is 1. The van der Waals surface area contributed by atoms with E-state index in [1.54, 1.807) is 12.1 Å². The second-order valence-corrected chi connectivity index (χ2v) is 6.07. The number of rotatable bonds is 2. The van der Waals surface area contributed by atoms with Crippen molar-refractivity contribution in [2.24, 2.45) is 5.41 Å². The van der Waals surface area contributed by atoms with Gasteiger partial charge in [-0.25, -0.2) is 0 Å². The van der Waals surface area contributed by atoms with E-state index in [4.69, 9.17) is 14.6 Å². The third-order valence-corrected chi connectivity index (χ3v) is 3.24. The number of carboxylic acids is 1. The molecule has 0 spiro atoms. The highest BCUT2D eigenvalue weighted by atomic mass is 79.9. The molecular formula is C13H15BrO4. The Kier molecular flexibility index (Phi) is 3.52. The summed E-state index contributed by atoms with van der Waals surface area (Å²) in [5.74, 6) is 0.387. The highest BCUT2D eigenvalue weighted by Crippen LogP contribution is 2.40. The Bertz CT molecular complexity index is 482. The minimum Gasteiger partial charge on any atom is -0.489 e. The van der Waals surface area contributed by atoms with Gasteiger partial charge >= 0.3 is 5.97 Å². The first-order valence-electron chi connectivity index (χ1n) is 5.67. The number of halogens is 1. The average Bonchev–Trinajstić information content (AvgIpc) is 2.37. The van der Waals surface area contributed by atoms with Gasteiger partial charge in [-0.3, -0.25) is 4.79 Å². The number of aliphatic carboxylic acids is 1. The molecule has 0 unspecified atom stereocenters. The van der Waals surface area contributed by atoms with Crippen LogP contribution in [0.25, 0.3) is 0 Å². The van der Waals surface area contributed by atoms with Crippen LogP contribution >= 0.6 is 15.9 Å². The Balaban J connectivity index is 2.33. The maximum absolute atomic E-state index is 10.7. The first kappa shape index (κ1) is 13.2. The van der Waals surface area contributed by atoms with Crippen molar-refractivity contribution in [3.05, 3.63) is 22.2 Å². The van der Waals surface area contributed by atoms with Crippen molar-refractivity contribution in [3.8, 4) is 11.5 Å². The predicted molar refractivity (Wildman–Crippen MR) is 70.3 cm³/mol. The predicted octanol–water partition coefficient (Wildman–Crippen LogP) is 2.87. The van der Waals surface area contributed by atoms with Crippen molar-refractivity contribution >= 4 is 21.9 Å². The van der Waals surface area contributed by atoms with Crippen LogP contribution in [0.5, 0.6) is 11.5 Å². The summed E-state index contributed by atoms with van der Waals surface area (Å²) >= 11 is 3.40. The van der Waals surface area contributed by atoms with E-state index in [0.29, 0.717) is 30.3 Å². The highest BCUT2D eigenvalue weighted by molar-refractivity contribution is 9.10. The molecule has 5 heteroatoms. The Morgan fingerprint density at radius 2 is 2.06 bits per heavy atom. The molecule has 0 atom stereocenters. The van der Waals surface area contributed by atoms with Gasteiger partial charge in [0, 0.05) is 5.41 Å². The topological polar surface area (TPSA) is 55.8 Å². The molecule has 0 amide bonds. The number of ether oxygens (including phenoxy) is 2. The maximum atomic E-state index is 10.7. The Morgan fingerprint density at radius 1 is 1.39 bits per heavy atom. The number of hydrogen-bond acceptors (Lipinski definition) is 3. The Labute approximate surface area is 114 Å². The van der Waals surface area contributed by atoms with E-state index in [1.165, 1.54) is 0 Å². The monoisotopic (exact) mass is 314 g/mol. The molecule has 98 valence electrons. The molecule has 0 bridgehead atoms. The van der Waals surface area contributed by atoms with Crippen LogP contribution in [-0.2, 0) is 11.2 Å². The van der Waals surface area contributed by atoms with Crippen LogP contribution in [0.15, 0.2) is 16.6 Å². The first-order chi connectivity index (χ1) is 8.37. The fourth-order valence-electron chi connectivity index (χ4n) is 1.73. The van der Waals surface area contributed by atoms with Crippen LogP contribution in [-0.4, -0.2) is 24.3 Å². The van der Waals surface area contributed by atoms with E-state index in [9.17, 15) is 4.79 Å². The van der Waals surface area contributed by atoms with Crippen molar-refractivity contribution in [1.82, 2.24) is 0 Å². The van der Waals surface area contributed by atoms with Gasteiger partial charge in [0.25, 0.3) is 0 Å². The lowest BCUT2D eigenvalue weighted by molar-refractivity contribution is -0.136. The van der Waals surface area contributed by atoms with Gasteiger partial charge < -0.3 is 14.6 Å². The van der Waals surface area contributed by atoms with E-state index in [-0.39, 0.29) is 11.8 Å². The van der Waals surface area contributed by atoms with E-state index >= 15 is 0 Å². The lowest BCUT2D eigenvalue weighted by atomic mass is 9.97. The van der Waals surface area contributed by atoms with Crippen LogP contribution in [0.4, 0.5) is 0 Å². The molecule has 1 aromatic carbocycles. The van der Waals surface area contributed by atoms with Crippen molar-refractivity contribution in [3.63, 3.8) is 0 Å². The molecular weight excluding hydrogens is 300 g/mol. The van der Waals surface area contributed by atoms with Gasteiger partial charge in [-0.15, -0.1) is 0 Å². The van der Waals surface area contributed by atoms with Gasteiger partial charge in [0.1, 0.15) is 0 Å². The molecule has 0 saturated heterocycles. The summed E-state index contributed by atoms with van der Waals surface area (Å²) < 4.78 is 12.2. The SMILES string of the molecule is CC1(C)COc2cc(CC(=O)O)cc(Br)c2OC1. The van der Waals surface area contributed by atoms with E-state index in [0.717, 1.165) is 4.47 Å². The number of fused-ring (bicyclic) bond motifs is 1. The quantitative estimate of drug-likeness (QED) is 0.912. The Hall–Kier alpha value is -1.23. The smallest absolute Gasteiger partial charge is 0.307 e. The van der Waals surface area contributed by atoms with Crippen LogP contribution < -0.4 is 9.47 Å². The van der Waals surface area contributed by atoms with E-state index in [2.05, 4.69) is 29.8 Å². The standard InChI is InChI=1S/C13H15BrO4/c1-13(2)6-17-10-4-8(5-11(15)16)3-9(14)12(10)18-7-13/h3-4H,5-7H2,1-2H3,(H,15,16). The van der Waals surface area contributed by atoms with Gasteiger partial charge in [-0.2, -0.15) is 0 Å². The Morgan fingerprint density at radius 3 is 2.72 bits per heavy atom. The molecule has 18 heavy (non-hydrogen) atoms. The molecule has 2 rings (SSSR count).